The number of alkyl carbamates (subject to hydrolysis) is 2. The SMILES string of the molecule is C=C[C@@H]1O[C@@H]2C3=C(C)[C@@H](OC(=O)[C@H](O)[C@@H](NC(=O)OC(C)(C)C)c4ncccc4F)C[C@@](O)([C@@H](OC(=O)c4ccccc4)[C@H]4[C@@](C)(CC[C@H]5OC[C@]54OC(C)=O)[C@@H]2O1)C3(C)C.CC(=O)O[C@@]12CO[C@@H]1CC[C@@]1(C)[C@@H]3O[C@H](CN4CC[C@@H]4CO)O[C@@H]3C3=C(C)[C@@H](OC(=O)[C@H](O)[C@@H](NC(=O)OC(C)(C)C)c4ncccc4F)C[C@@](O)([C@@H](OC(=O)c4ccccc4)[C@@H]12)C3(C)C. The highest BCUT2D eigenvalue weighted by atomic mass is 19.1. The Balaban J connectivity index is 0.000000206. The molecule has 5 saturated heterocycles. The van der Waals surface area contributed by atoms with Gasteiger partial charge in [0.1, 0.15) is 106 Å². The topological polar surface area (TPSA) is 420 Å². The molecule has 0 radical (unpaired) electrons. The summed E-state index contributed by atoms with van der Waals surface area (Å²) in [5.41, 5.74) is -12.6. The molecule has 7 N–H and O–H groups in total. The highest BCUT2D eigenvalue weighted by molar-refractivity contribution is 5.90. The van der Waals surface area contributed by atoms with Crippen LogP contribution in [-0.4, -0.2) is 247 Å². The number of carbonyl (C=O) groups is 8. The molecule has 5 aliphatic heterocycles. The molecule has 0 spiro atoms. The first kappa shape index (κ1) is 93.8. The Morgan fingerprint density at radius 3 is 1.35 bits per heavy atom. The van der Waals surface area contributed by atoms with Gasteiger partial charge in [0.05, 0.1) is 55.0 Å². The van der Waals surface area contributed by atoms with E-state index in [1.54, 1.807) is 144 Å². The predicted octanol–water partition coefficient (Wildman–Crippen LogP) is 9.26. The van der Waals surface area contributed by atoms with Gasteiger partial charge in [-0.3, -0.25) is 24.5 Å². The van der Waals surface area contributed by atoms with Gasteiger partial charge in [-0.15, -0.1) is 0 Å². The van der Waals surface area contributed by atoms with E-state index in [1.807, 2.05) is 13.8 Å². The largest absolute Gasteiger partial charge is 0.456 e. The minimum atomic E-state index is -2.26. The molecule has 2 aromatic carbocycles. The van der Waals surface area contributed by atoms with E-state index in [0.717, 1.165) is 18.6 Å². The quantitative estimate of drug-likeness (QED) is 0.0246. The first-order chi connectivity index (χ1) is 59.6. The average Bonchev–Trinajstić information content (AvgIpc) is 1.64. The molecular formula is C93H117F2N5O27. The lowest BCUT2D eigenvalue weighted by Crippen LogP contribution is -2.79. The molecule has 9 fully saturated rings. The van der Waals surface area contributed by atoms with Gasteiger partial charge in [0.25, 0.3) is 0 Å². The number of aromatic nitrogens is 2. The Kier molecular flexibility index (Phi) is 25.8. The number of nitrogens with zero attached hydrogens (tertiary/aromatic N) is 3. The number of ether oxygens (including phenoxy) is 14. The summed E-state index contributed by atoms with van der Waals surface area (Å²) in [5, 5.41) is 66.0. The standard InChI is InChI=1S/C48H62FN3O14.C45H55FN2O13/c1-25-30(61-42(57)36(55)35(34-29(49)15-12-19-50-34)51-43(58)66-44(3,4)5)21-48(59)40(64-41(56)27-13-10-9-11-14-27)38-46(8,18-16-31-47(38,24-60-31)65-26(2)54)39-37(33(25)45(48,6)7)62-32(63-39)22-52-20-17-28(52)23-53;1-10-29-57-34-30-23(2)27(56-39(52)33(50)32(31-26(46)17-14-20-47-31)48-40(53)61-41(4,5)6)21-45(54,42(30,7)8)37(59-38(51)25-15-12-11-13-16-25)35-43(9,36(34)58-29)19-18-28-44(35,22-55-28)60-24(3)49/h9-15,19,28,30-32,35-40,53,55,59H,16-18,20-24H2,1-8H3,(H,51,58);10-17,20,27-29,32-37,50,54H,1,18-19,21-22H2,2-9H3,(H,48,53)/t28-,30+,31-,32-,35+,36-,37-,38+,39-,40+,46-,47+,48-;27-,28+,29+,32-,33+,34+,35-,36+,37-,43+,44-,45+/m10/s1. The van der Waals surface area contributed by atoms with Crippen LogP contribution in [0, 0.1) is 45.1 Å². The summed E-state index contributed by atoms with van der Waals surface area (Å²) in [5.74, 6) is -9.24. The normalized spacial score (nSPS) is 35.1. The van der Waals surface area contributed by atoms with E-state index in [9.17, 15) is 63.9 Å². The number of carbonyl (C=O) groups excluding carboxylic acids is 8. The van der Waals surface area contributed by atoms with E-state index in [4.69, 9.17) is 66.3 Å². The molecule has 0 unspecified atom stereocenters. The number of halogens is 2. The smallest absolute Gasteiger partial charge is 0.408 e. The minimum absolute atomic E-state index is 0.0511. The van der Waals surface area contributed by atoms with E-state index in [0.29, 0.717) is 61.1 Å². The van der Waals surface area contributed by atoms with Gasteiger partial charge in [-0.25, -0.2) is 37.5 Å². The van der Waals surface area contributed by atoms with Gasteiger partial charge in [0.2, 0.25) is 0 Å². The summed E-state index contributed by atoms with van der Waals surface area (Å²) in [6, 6.07) is 17.5. The number of pyridine rings is 2. The lowest BCUT2D eigenvalue weighted by Gasteiger charge is -2.68. The fourth-order valence-corrected chi connectivity index (χ4v) is 22.1. The van der Waals surface area contributed by atoms with Gasteiger partial charge < -0.3 is 102 Å². The predicted molar refractivity (Wildman–Crippen MR) is 442 cm³/mol. The number of aliphatic hydroxyl groups is 5. The molecular weight excluding hydrogens is 1660 g/mol. The number of hydrogen-bond acceptors (Lipinski definition) is 30. The third-order valence-electron chi connectivity index (χ3n) is 28.3. The third kappa shape index (κ3) is 16.9. The van der Waals surface area contributed by atoms with Crippen LogP contribution in [0.1, 0.15) is 200 Å². The van der Waals surface area contributed by atoms with Crippen molar-refractivity contribution in [1.82, 2.24) is 25.5 Å². The van der Waals surface area contributed by atoms with Crippen LogP contribution in [0.5, 0.6) is 0 Å². The number of amides is 2. The second-order valence-electron chi connectivity index (χ2n) is 38.9. The number of fused-ring (bicyclic) bond motifs is 16. The van der Waals surface area contributed by atoms with Crippen LogP contribution in [0.2, 0.25) is 0 Å². The number of nitrogens with one attached hydrogen (secondary N) is 2. The third-order valence-corrected chi connectivity index (χ3v) is 28.3. The summed E-state index contributed by atoms with van der Waals surface area (Å²) < 4.78 is 119. The number of hydrogen-bond donors (Lipinski definition) is 7. The number of benzene rings is 2. The van der Waals surface area contributed by atoms with Crippen LogP contribution in [0.3, 0.4) is 0 Å². The highest BCUT2D eigenvalue weighted by Crippen LogP contribution is 2.70. The molecule has 4 bridgehead atoms. The van der Waals surface area contributed by atoms with Crippen LogP contribution in [0.25, 0.3) is 0 Å². The zero-order chi connectivity index (χ0) is 92.2. The van der Waals surface area contributed by atoms with E-state index in [-0.39, 0.29) is 37.0 Å². The van der Waals surface area contributed by atoms with Gasteiger partial charge in [-0.2, -0.15) is 0 Å². The van der Waals surface area contributed by atoms with Crippen LogP contribution < -0.4 is 10.6 Å². The number of rotatable bonds is 20. The molecule has 2 amide bonds. The van der Waals surface area contributed by atoms with Crippen LogP contribution in [0.4, 0.5) is 18.4 Å². The zero-order valence-corrected chi connectivity index (χ0v) is 74.3. The first-order valence-electron chi connectivity index (χ1n) is 43.2. The van der Waals surface area contributed by atoms with Gasteiger partial charge in [0.15, 0.2) is 36.0 Å². The minimum Gasteiger partial charge on any atom is -0.456 e. The van der Waals surface area contributed by atoms with Gasteiger partial charge >= 0.3 is 48.0 Å². The van der Waals surface area contributed by atoms with E-state index in [1.165, 1.54) is 44.4 Å². The van der Waals surface area contributed by atoms with Crippen molar-refractivity contribution < 1.29 is 139 Å². The molecule has 2 aromatic heterocycles. The number of esters is 6. The van der Waals surface area contributed by atoms with Crippen molar-refractivity contribution in [1.29, 1.82) is 0 Å². The molecule has 25 atom stereocenters. The number of aliphatic hydroxyl groups excluding tert-OH is 3. The molecule has 127 heavy (non-hydrogen) atoms. The van der Waals surface area contributed by atoms with Gasteiger partial charge in [-0.05, 0) is 164 Å². The molecule has 15 rings (SSSR count). The summed E-state index contributed by atoms with van der Waals surface area (Å²) in [7, 11) is 0. The Labute approximate surface area is 735 Å². The zero-order valence-electron chi connectivity index (χ0n) is 74.3. The summed E-state index contributed by atoms with van der Waals surface area (Å²) in [6.07, 6.45) is -13.3. The molecule has 32 nitrogen and oxygen atoms in total. The lowest BCUT2D eigenvalue weighted by atomic mass is 9.45. The second-order valence-corrected chi connectivity index (χ2v) is 38.9. The monoisotopic (exact) mass is 1770 g/mol. The highest BCUT2D eigenvalue weighted by Gasteiger charge is 2.80. The number of likely N-dealkylation sites (tertiary alicyclic amines) is 1. The Morgan fingerprint density at radius 2 is 0.992 bits per heavy atom. The van der Waals surface area contributed by atoms with Crippen molar-refractivity contribution in [2.24, 2.45) is 33.5 Å². The summed E-state index contributed by atoms with van der Waals surface area (Å²) >= 11 is 0. The maximum Gasteiger partial charge on any atom is 0.408 e. The van der Waals surface area contributed by atoms with Crippen LogP contribution >= 0.6 is 0 Å². The summed E-state index contributed by atoms with van der Waals surface area (Å²) in [4.78, 5) is 120. The van der Waals surface area contributed by atoms with E-state index < -0.39 is 249 Å². The molecule has 7 heterocycles. The Hall–Kier alpha value is -9.30. The van der Waals surface area contributed by atoms with Crippen molar-refractivity contribution in [3.8, 4) is 0 Å². The van der Waals surface area contributed by atoms with Crippen LogP contribution in [-0.2, 0) is 85.5 Å². The fourth-order valence-electron chi connectivity index (χ4n) is 22.1. The lowest BCUT2D eigenvalue weighted by molar-refractivity contribution is -0.345. The van der Waals surface area contributed by atoms with Crippen molar-refractivity contribution in [2.75, 3.05) is 32.9 Å². The Morgan fingerprint density at radius 1 is 0.583 bits per heavy atom. The maximum absolute atomic E-state index is 15.4. The Bertz CT molecular complexity index is 4940. The molecule has 4 aromatic rings. The molecule has 34 heteroatoms. The van der Waals surface area contributed by atoms with Gasteiger partial charge in [0, 0.05) is 79.9 Å². The molecule has 4 saturated carbocycles. The second kappa shape index (κ2) is 34.9. The van der Waals surface area contributed by atoms with Gasteiger partial charge in [-0.1, -0.05) is 84.5 Å². The molecule has 11 aliphatic rings. The maximum atomic E-state index is 15.4. The van der Waals surface area contributed by atoms with Crippen molar-refractivity contribution in [3.05, 3.63) is 166 Å². The van der Waals surface area contributed by atoms with Crippen molar-refractivity contribution in [2.45, 2.75) is 293 Å². The van der Waals surface area contributed by atoms with Crippen LogP contribution in [0.15, 0.2) is 132 Å². The fraction of sp³-hybridized carbons (Fsp3) is 0.613. The first-order valence-corrected chi connectivity index (χ1v) is 43.2. The van der Waals surface area contributed by atoms with Crippen molar-refractivity contribution >= 4 is 48.0 Å². The summed E-state index contributed by atoms with van der Waals surface area (Å²) in [6.45, 7) is 31.4. The molecule has 690 valence electrons. The average molecular weight is 1770 g/mol. The molecule has 6 aliphatic carbocycles. The van der Waals surface area contributed by atoms with Crippen molar-refractivity contribution in [3.63, 3.8) is 0 Å². The van der Waals surface area contributed by atoms with E-state index >= 15 is 8.78 Å². The van der Waals surface area contributed by atoms with E-state index in [2.05, 4.69) is 32.1 Å².